The van der Waals surface area contributed by atoms with Crippen molar-refractivity contribution >= 4 is 5.91 Å². The Labute approximate surface area is 132 Å². The zero-order chi connectivity index (χ0) is 15.9. The van der Waals surface area contributed by atoms with Crippen LogP contribution in [0.2, 0.25) is 0 Å². The number of para-hydroxylation sites is 1. The molecule has 5 heteroatoms. The van der Waals surface area contributed by atoms with E-state index in [2.05, 4.69) is 23.0 Å². The van der Waals surface area contributed by atoms with Crippen molar-refractivity contribution in [1.29, 1.82) is 0 Å². The van der Waals surface area contributed by atoms with Gasteiger partial charge >= 0.3 is 0 Å². The normalized spacial score (nSPS) is 16.3. The number of piperidine rings is 1. The maximum atomic E-state index is 11.6. The Bertz CT molecular complexity index is 522. The molecular weight excluding hydrogens is 278 g/mol. The van der Waals surface area contributed by atoms with E-state index in [-0.39, 0.29) is 11.8 Å². The van der Waals surface area contributed by atoms with Crippen LogP contribution >= 0.6 is 0 Å². The molecule has 0 saturated carbocycles. The van der Waals surface area contributed by atoms with Crippen LogP contribution in [0, 0.1) is 5.92 Å². The number of nitrogens with one attached hydrogen (secondary N) is 1. The minimum atomic E-state index is -0.0511. The summed E-state index contributed by atoms with van der Waals surface area (Å²) >= 11 is 0. The molecule has 1 heterocycles. The lowest BCUT2D eigenvalue weighted by molar-refractivity contribution is -0.126. The first-order chi connectivity index (χ1) is 10.6. The van der Waals surface area contributed by atoms with Gasteiger partial charge < -0.3 is 4.74 Å². The second-order valence-electron chi connectivity index (χ2n) is 5.91. The molecule has 0 bridgehead atoms. The second-order valence-corrected chi connectivity index (χ2v) is 5.91. The van der Waals surface area contributed by atoms with Gasteiger partial charge in [-0.3, -0.25) is 15.1 Å². The van der Waals surface area contributed by atoms with E-state index in [1.165, 1.54) is 5.56 Å². The SMILES string of the molecule is C=C(C)COc1ccccc1CN1CCC(C(=O)NN)CC1. The van der Waals surface area contributed by atoms with E-state index in [1.807, 2.05) is 25.1 Å². The van der Waals surface area contributed by atoms with Gasteiger partial charge in [0.25, 0.3) is 0 Å². The maximum absolute atomic E-state index is 11.6. The zero-order valence-corrected chi connectivity index (χ0v) is 13.2. The predicted octanol–water partition coefficient (Wildman–Crippen LogP) is 1.84. The number of ether oxygens (including phenoxy) is 1. The van der Waals surface area contributed by atoms with Gasteiger partial charge in [0.2, 0.25) is 5.91 Å². The van der Waals surface area contributed by atoms with Crippen LogP contribution in [-0.4, -0.2) is 30.5 Å². The number of amides is 1. The summed E-state index contributed by atoms with van der Waals surface area (Å²) in [6.07, 6.45) is 1.69. The molecule has 0 radical (unpaired) electrons. The lowest BCUT2D eigenvalue weighted by Gasteiger charge is -2.31. The van der Waals surface area contributed by atoms with Gasteiger partial charge in [0.05, 0.1) is 0 Å². The Kier molecular flexibility index (Phi) is 5.98. The number of likely N-dealkylation sites (tertiary alicyclic amines) is 1. The number of hydrazine groups is 1. The van der Waals surface area contributed by atoms with Gasteiger partial charge in [-0.2, -0.15) is 0 Å². The van der Waals surface area contributed by atoms with Crippen LogP contribution in [0.15, 0.2) is 36.4 Å². The van der Waals surface area contributed by atoms with E-state index in [0.717, 1.165) is 43.8 Å². The number of hydrogen-bond donors (Lipinski definition) is 2. The van der Waals surface area contributed by atoms with Crippen molar-refractivity contribution < 1.29 is 9.53 Å². The highest BCUT2D eigenvalue weighted by atomic mass is 16.5. The summed E-state index contributed by atoms with van der Waals surface area (Å²) in [6.45, 7) is 8.98. The second kappa shape index (κ2) is 7.96. The lowest BCUT2D eigenvalue weighted by Crippen LogP contribution is -2.42. The highest BCUT2D eigenvalue weighted by molar-refractivity contribution is 5.78. The standard InChI is InChI=1S/C17H25N3O2/c1-13(2)12-22-16-6-4-3-5-15(16)11-20-9-7-14(8-10-20)17(21)19-18/h3-6,14H,1,7-12,18H2,2H3,(H,19,21). The highest BCUT2D eigenvalue weighted by Gasteiger charge is 2.24. The molecule has 120 valence electrons. The maximum Gasteiger partial charge on any atom is 0.237 e. The van der Waals surface area contributed by atoms with Crippen molar-refractivity contribution in [2.75, 3.05) is 19.7 Å². The molecule has 5 nitrogen and oxygen atoms in total. The molecule has 1 aliphatic rings. The molecular formula is C17H25N3O2. The first-order valence-corrected chi connectivity index (χ1v) is 7.68. The molecule has 3 N–H and O–H groups in total. The van der Waals surface area contributed by atoms with E-state index in [0.29, 0.717) is 6.61 Å². The topological polar surface area (TPSA) is 67.6 Å². The lowest BCUT2D eigenvalue weighted by atomic mass is 9.96. The van der Waals surface area contributed by atoms with Gasteiger partial charge in [0, 0.05) is 18.0 Å². The van der Waals surface area contributed by atoms with Crippen molar-refractivity contribution in [3.05, 3.63) is 42.0 Å². The molecule has 1 saturated heterocycles. The minimum Gasteiger partial charge on any atom is -0.489 e. The van der Waals surface area contributed by atoms with E-state index in [4.69, 9.17) is 10.6 Å². The molecule has 1 aliphatic heterocycles. The molecule has 0 aliphatic carbocycles. The number of hydrogen-bond acceptors (Lipinski definition) is 4. The van der Waals surface area contributed by atoms with Crippen LogP contribution in [-0.2, 0) is 11.3 Å². The summed E-state index contributed by atoms with van der Waals surface area (Å²) in [6, 6.07) is 8.09. The van der Waals surface area contributed by atoms with Crippen molar-refractivity contribution in [1.82, 2.24) is 10.3 Å². The average Bonchev–Trinajstić information content (AvgIpc) is 2.54. The third kappa shape index (κ3) is 4.58. The van der Waals surface area contributed by atoms with Crippen molar-refractivity contribution in [3.63, 3.8) is 0 Å². The Morgan fingerprint density at radius 1 is 1.41 bits per heavy atom. The monoisotopic (exact) mass is 303 g/mol. The van der Waals surface area contributed by atoms with E-state index >= 15 is 0 Å². The van der Waals surface area contributed by atoms with Crippen LogP contribution in [0.5, 0.6) is 5.75 Å². The van der Waals surface area contributed by atoms with Crippen LogP contribution in [0.25, 0.3) is 0 Å². The van der Waals surface area contributed by atoms with Gasteiger partial charge in [-0.15, -0.1) is 0 Å². The molecule has 0 atom stereocenters. The third-order valence-electron chi connectivity index (χ3n) is 3.94. The Morgan fingerprint density at radius 2 is 2.09 bits per heavy atom. The number of rotatable bonds is 6. The molecule has 0 aromatic heterocycles. The number of carbonyl (C=O) groups excluding carboxylic acids is 1. The fraction of sp³-hybridized carbons (Fsp3) is 0.471. The summed E-state index contributed by atoms with van der Waals surface area (Å²) < 4.78 is 5.81. The van der Waals surface area contributed by atoms with Gasteiger partial charge in [-0.25, -0.2) is 5.84 Å². The smallest absolute Gasteiger partial charge is 0.237 e. The van der Waals surface area contributed by atoms with Crippen molar-refractivity contribution in [2.24, 2.45) is 11.8 Å². The summed E-state index contributed by atoms with van der Waals surface area (Å²) in [4.78, 5) is 13.9. The molecule has 22 heavy (non-hydrogen) atoms. The number of nitrogens with zero attached hydrogens (tertiary/aromatic N) is 1. The summed E-state index contributed by atoms with van der Waals surface area (Å²) in [5.74, 6) is 6.10. The first-order valence-electron chi connectivity index (χ1n) is 7.68. The molecule has 0 unspecified atom stereocenters. The van der Waals surface area contributed by atoms with Crippen molar-refractivity contribution in [3.8, 4) is 5.75 Å². The fourth-order valence-electron chi connectivity index (χ4n) is 2.69. The highest BCUT2D eigenvalue weighted by Crippen LogP contribution is 2.24. The van der Waals surface area contributed by atoms with Gasteiger partial charge in [-0.1, -0.05) is 24.8 Å². The molecule has 1 aromatic rings. The Balaban J connectivity index is 1.92. The van der Waals surface area contributed by atoms with Crippen LogP contribution in [0.3, 0.4) is 0 Å². The Hall–Kier alpha value is -1.85. The van der Waals surface area contributed by atoms with E-state index < -0.39 is 0 Å². The van der Waals surface area contributed by atoms with Crippen molar-refractivity contribution in [2.45, 2.75) is 26.3 Å². The van der Waals surface area contributed by atoms with E-state index in [9.17, 15) is 4.79 Å². The van der Waals surface area contributed by atoms with Crippen LogP contribution < -0.4 is 16.0 Å². The van der Waals surface area contributed by atoms with Crippen LogP contribution in [0.1, 0.15) is 25.3 Å². The number of carbonyl (C=O) groups is 1. The third-order valence-corrected chi connectivity index (χ3v) is 3.94. The summed E-state index contributed by atoms with van der Waals surface area (Å²) in [7, 11) is 0. The van der Waals surface area contributed by atoms with Gasteiger partial charge in [0.15, 0.2) is 0 Å². The zero-order valence-electron chi connectivity index (χ0n) is 13.2. The van der Waals surface area contributed by atoms with Crippen LogP contribution in [0.4, 0.5) is 0 Å². The number of benzene rings is 1. The number of nitrogens with two attached hydrogens (primary N) is 1. The van der Waals surface area contributed by atoms with Gasteiger partial charge in [-0.05, 0) is 44.5 Å². The molecule has 2 rings (SSSR count). The fourth-order valence-corrected chi connectivity index (χ4v) is 2.69. The van der Waals surface area contributed by atoms with E-state index in [1.54, 1.807) is 0 Å². The predicted molar refractivity (Wildman–Crippen MR) is 87.1 cm³/mol. The summed E-state index contributed by atoms with van der Waals surface area (Å²) in [5, 5.41) is 0. The molecule has 1 aromatic carbocycles. The average molecular weight is 303 g/mol. The van der Waals surface area contributed by atoms with Gasteiger partial charge in [0.1, 0.15) is 12.4 Å². The minimum absolute atomic E-state index is 0.0381. The molecule has 1 fully saturated rings. The Morgan fingerprint density at radius 3 is 2.73 bits per heavy atom. The largest absolute Gasteiger partial charge is 0.489 e. The molecule has 1 amide bonds. The quantitative estimate of drug-likeness (QED) is 0.364. The summed E-state index contributed by atoms with van der Waals surface area (Å²) in [5.41, 5.74) is 4.42. The first kappa shape index (κ1) is 16.5. The molecule has 0 spiro atoms.